The van der Waals surface area contributed by atoms with Gasteiger partial charge in [0.2, 0.25) is 5.91 Å². The molecule has 0 aromatic rings. The average Bonchev–Trinajstić information content (AvgIpc) is 2.88. The third-order valence-electron chi connectivity index (χ3n) is 3.74. The molecule has 4 heteroatoms. The minimum Gasteiger partial charge on any atom is -0.368 e. The number of hydrogen-bond donors (Lipinski definition) is 2. The molecule has 0 bridgehead atoms. The first-order chi connectivity index (χ1) is 8.34. The topological polar surface area (TPSA) is 50.4 Å². The van der Waals surface area contributed by atoms with E-state index in [4.69, 9.17) is 4.74 Å². The van der Waals surface area contributed by atoms with Crippen LogP contribution in [-0.4, -0.2) is 38.3 Å². The predicted molar refractivity (Wildman–Crippen MR) is 66.8 cm³/mol. The molecule has 2 aliphatic rings. The van der Waals surface area contributed by atoms with Crippen molar-refractivity contribution in [3.63, 3.8) is 0 Å². The van der Waals surface area contributed by atoms with Gasteiger partial charge in [-0.3, -0.25) is 4.79 Å². The normalized spacial score (nSPS) is 26.0. The fourth-order valence-electron chi connectivity index (χ4n) is 2.66. The van der Waals surface area contributed by atoms with Crippen LogP contribution in [0.2, 0.25) is 0 Å². The van der Waals surface area contributed by atoms with Crippen LogP contribution >= 0.6 is 0 Å². The first kappa shape index (κ1) is 12.8. The van der Waals surface area contributed by atoms with Crippen molar-refractivity contribution in [2.45, 2.75) is 44.6 Å². The summed E-state index contributed by atoms with van der Waals surface area (Å²) in [6.07, 6.45) is 7.52. The number of amides is 1. The maximum atomic E-state index is 11.6. The molecule has 17 heavy (non-hydrogen) atoms. The second-order valence-electron chi connectivity index (χ2n) is 5.23. The van der Waals surface area contributed by atoms with Gasteiger partial charge in [0.25, 0.3) is 0 Å². The molecule has 98 valence electrons. The van der Waals surface area contributed by atoms with Crippen molar-refractivity contribution in [1.82, 2.24) is 10.6 Å². The van der Waals surface area contributed by atoms with Gasteiger partial charge >= 0.3 is 0 Å². The first-order valence-electron chi connectivity index (χ1n) is 6.93. The Balaban J connectivity index is 1.53. The molecule has 1 amide bonds. The molecule has 0 spiro atoms. The second kappa shape index (κ2) is 6.97. The van der Waals surface area contributed by atoms with Crippen LogP contribution in [-0.2, 0) is 9.53 Å². The van der Waals surface area contributed by atoms with Gasteiger partial charge in [0.1, 0.15) is 6.61 Å². The van der Waals surface area contributed by atoms with Crippen LogP contribution in [0.1, 0.15) is 38.5 Å². The molecule has 2 fully saturated rings. The van der Waals surface area contributed by atoms with Crippen molar-refractivity contribution in [1.29, 1.82) is 0 Å². The smallest absolute Gasteiger partial charge is 0.246 e. The van der Waals surface area contributed by atoms with E-state index in [1.165, 1.54) is 25.7 Å². The van der Waals surface area contributed by atoms with Crippen molar-refractivity contribution < 1.29 is 9.53 Å². The maximum absolute atomic E-state index is 11.6. The van der Waals surface area contributed by atoms with E-state index < -0.39 is 0 Å². The van der Waals surface area contributed by atoms with E-state index in [9.17, 15) is 4.79 Å². The summed E-state index contributed by atoms with van der Waals surface area (Å²) in [6, 6.07) is 0. The largest absolute Gasteiger partial charge is 0.368 e. The summed E-state index contributed by atoms with van der Waals surface area (Å²) in [4.78, 5) is 11.6. The van der Waals surface area contributed by atoms with Crippen molar-refractivity contribution in [3.8, 4) is 0 Å². The maximum Gasteiger partial charge on any atom is 0.246 e. The van der Waals surface area contributed by atoms with Crippen molar-refractivity contribution in [2.75, 3.05) is 26.2 Å². The lowest BCUT2D eigenvalue weighted by Gasteiger charge is -2.23. The quantitative estimate of drug-likeness (QED) is 0.755. The van der Waals surface area contributed by atoms with Crippen LogP contribution < -0.4 is 10.6 Å². The van der Waals surface area contributed by atoms with Gasteiger partial charge < -0.3 is 15.4 Å². The monoisotopic (exact) mass is 240 g/mol. The molecule has 1 heterocycles. The average molecular weight is 240 g/mol. The van der Waals surface area contributed by atoms with Gasteiger partial charge in [0.15, 0.2) is 0 Å². The summed E-state index contributed by atoms with van der Waals surface area (Å²) >= 11 is 0. The molecular formula is C13H24N2O2. The Kier molecular flexibility index (Phi) is 5.26. The van der Waals surface area contributed by atoms with Gasteiger partial charge in [0, 0.05) is 6.54 Å². The molecule has 0 aromatic heterocycles. The number of hydrogen-bond acceptors (Lipinski definition) is 3. The minimum absolute atomic E-state index is 0.0440. The van der Waals surface area contributed by atoms with E-state index in [2.05, 4.69) is 10.6 Å². The number of rotatable bonds is 5. The Bertz CT molecular complexity index is 234. The molecule has 1 aliphatic heterocycles. The molecule has 2 rings (SSSR count). The van der Waals surface area contributed by atoms with Crippen LogP contribution in [0.3, 0.4) is 0 Å². The van der Waals surface area contributed by atoms with E-state index in [0.29, 0.717) is 12.0 Å². The lowest BCUT2D eigenvalue weighted by molar-refractivity contribution is -0.127. The van der Waals surface area contributed by atoms with Crippen LogP contribution in [0, 0.1) is 5.92 Å². The number of carbonyl (C=O) groups excluding carboxylic acids is 1. The van der Waals surface area contributed by atoms with E-state index in [-0.39, 0.29) is 12.5 Å². The van der Waals surface area contributed by atoms with E-state index >= 15 is 0 Å². The molecule has 1 unspecified atom stereocenters. The van der Waals surface area contributed by atoms with Crippen LogP contribution in [0.4, 0.5) is 0 Å². The summed E-state index contributed by atoms with van der Waals surface area (Å²) in [6.45, 7) is 3.18. The highest BCUT2D eigenvalue weighted by molar-refractivity contribution is 5.77. The van der Waals surface area contributed by atoms with Crippen molar-refractivity contribution in [3.05, 3.63) is 0 Å². The third-order valence-corrected chi connectivity index (χ3v) is 3.74. The minimum atomic E-state index is 0.0440. The number of piperidine rings is 1. The molecule has 1 saturated carbocycles. The molecule has 1 aliphatic carbocycles. The fourth-order valence-corrected chi connectivity index (χ4v) is 2.66. The highest BCUT2D eigenvalue weighted by atomic mass is 16.5. The molecule has 0 aromatic carbocycles. The Morgan fingerprint density at radius 2 is 2.06 bits per heavy atom. The fraction of sp³-hybridized carbons (Fsp3) is 0.923. The Morgan fingerprint density at radius 3 is 2.76 bits per heavy atom. The molecule has 4 nitrogen and oxygen atoms in total. The molecular weight excluding hydrogens is 216 g/mol. The van der Waals surface area contributed by atoms with Crippen LogP contribution in [0.5, 0.6) is 0 Å². The molecule has 0 radical (unpaired) electrons. The zero-order valence-corrected chi connectivity index (χ0v) is 10.5. The Morgan fingerprint density at radius 1 is 1.24 bits per heavy atom. The zero-order valence-electron chi connectivity index (χ0n) is 10.5. The summed E-state index contributed by atoms with van der Waals surface area (Å²) < 4.78 is 5.58. The van der Waals surface area contributed by atoms with Crippen molar-refractivity contribution >= 4 is 5.91 Å². The summed E-state index contributed by atoms with van der Waals surface area (Å²) in [5, 5.41) is 6.33. The van der Waals surface area contributed by atoms with Crippen LogP contribution in [0.15, 0.2) is 0 Å². The van der Waals surface area contributed by atoms with Crippen molar-refractivity contribution in [2.24, 2.45) is 5.92 Å². The van der Waals surface area contributed by atoms with Gasteiger partial charge in [-0.2, -0.15) is 0 Å². The number of ether oxygens (including phenoxy) is 1. The van der Waals surface area contributed by atoms with Crippen LogP contribution in [0.25, 0.3) is 0 Å². The van der Waals surface area contributed by atoms with E-state index in [1.807, 2.05) is 0 Å². The Labute approximate surface area is 103 Å². The molecule has 2 N–H and O–H groups in total. The Hall–Kier alpha value is -0.610. The zero-order chi connectivity index (χ0) is 11.9. The number of carbonyl (C=O) groups is 1. The van der Waals surface area contributed by atoms with E-state index in [0.717, 1.165) is 32.5 Å². The van der Waals surface area contributed by atoms with Gasteiger partial charge in [-0.25, -0.2) is 0 Å². The summed E-state index contributed by atoms with van der Waals surface area (Å²) in [5.41, 5.74) is 0. The third kappa shape index (κ3) is 4.64. The molecule has 1 atom stereocenters. The van der Waals surface area contributed by atoms with Gasteiger partial charge in [-0.15, -0.1) is 0 Å². The van der Waals surface area contributed by atoms with Gasteiger partial charge in [-0.1, -0.05) is 12.8 Å². The molecule has 1 saturated heterocycles. The summed E-state index contributed by atoms with van der Waals surface area (Å²) in [5.74, 6) is 0.640. The SMILES string of the molecule is O=C(COC1CCCC1)NCC1CCCNC1. The van der Waals surface area contributed by atoms with E-state index in [1.54, 1.807) is 0 Å². The lowest BCUT2D eigenvalue weighted by Crippen LogP contribution is -2.39. The van der Waals surface area contributed by atoms with Gasteiger partial charge in [0.05, 0.1) is 6.10 Å². The highest BCUT2D eigenvalue weighted by Gasteiger charge is 2.17. The standard InChI is InChI=1S/C13H24N2O2/c16-13(10-17-12-5-1-2-6-12)15-9-11-4-3-7-14-8-11/h11-12,14H,1-10H2,(H,15,16). The first-order valence-corrected chi connectivity index (χ1v) is 6.93. The van der Waals surface area contributed by atoms with Gasteiger partial charge in [-0.05, 0) is 44.7 Å². The summed E-state index contributed by atoms with van der Waals surface area (Å²) in [7, 11) is 0. The second-order valence-corrected chi connectivity index (χ2v) is 5.23. The lowest BCUT2D eigenvalue weighted by atomic mass is 10.00. The highest BCUT2D eigenvalue weighted by Crippen LogP contribution is 2.20. The predicted octanol–water partition coefficient (Wildman–Crippen LogP) is 1.06. The number of nitrogens with one attached hydrogen (secondary N) is 2.